The van der Waals surface area contributed by atoms with E-state index in [1.165, 1.54) is 18.2 Å². The van der Waals surface area contributed by atoms with Crippen LogP contribution in [-0.2, 0) is 30.8 Å². The van der Waals surface area contributed by atoms with E-state index in [0.29, 0.717) is 24.1 Å². The number of nitrogens with one attached hydrogen (secondary N) is 2. The molecule has 1 unspecified atom stereocenters. The number of rotatable bonds is 11. The maximum absolute atomic E-state index is 13.9. The summed E-state index contributed by atoms with van der Waals surface area (Å²) in [5.74, 6) is -0.688. The number of aromatic hydroxyl groups is 1. The van der Waals surface area contributed by atoms with Crippen molar-refractivity contribution in [2.45, 2.75) is 45.1 Å². The van der Waals surface area contributed by atoms with Crippen molar-refractivity contribution in [2.75, 3.05) is 6.54 Å². The summed E-state index contributed by atoms with van der Waals surface area (Å²) in [6.07, 6.45) is 0.0558. The molecule has 2 atom stereocenters. The zero-order chi connectivity index (χ0) is 25.4. The Morgan fingerprint density at radius 2 is 1.83 bits per heavy atom. The summed E-state index contributed by atoms with van der Waals surface area (Å²) in [4.78, 5) is 12.4. The number of aliphatic hydroxyl groups excluding tert-OH is 2. The van der Waals surface area contributed by atoms with Crippen LogP contribution >= 0.6 is 11.6 Å². The predicted molar refractivity (Wildman–Crippen MR) is 134 cm³/mol. The molecule has 35 heavy (non-hydrogen) atoms. The third kappa shape index (κ3) is 7.77. The van der Waals surface area contributed by atoms with Gasteiger partial charge in [0.05, 0.1) is 19.1 Å². The molecular formula is C27H30ClFN2O4. The molecule has 0 heterocycles. The Morgan fingerprint density at radius 1 is 1.09 bits per heavy atom. The number of hydrogen-bond donors (Lipinski definition) is 5. The highest BCUT2D eigenvalue weighted by molar-refractivity contribution is 6.31. The number of amides is 1. The van der Waals surface area contributed by atoms with Gasteiger partial charge < -0.3 is 26.0 Å². The van der Waals surface area contributed by atoms with Crippen LogP contribution in [0.4, 0.5) is 4.39 Å². The lowest BCUT2D eigenvalue weighted by molar-refractivity contribution is -0.120. The average Bonchev–Trinajstić information content (AvgIpc) is 2.82. The van der Waals surface area contributed by atoms with E-state index in [1.807, 2.05) is 31.2 Å². The van der Waals surface area contributed by atoms with Crippen LogP contribution in [0.1, 0.15) is 40.8 Å². The van der Waals surface area contributed by atoms with Gasteiger partial charge in [0.1, 0.15) is 11.6 Å². The molecule has 0 saturated heterocycles. The molecule has 8 heteroatoms. The first-order chi connectivity index (χ1) is 16.8. The van der Waals surface area contributed by atoms with Gasteiger partial charge in [-0.3, -0.25) is 4.79 Å². The van der Waals surface area contributed by atoms with E-state index >= 15 is 0 Å². The number of carbonyl (C=O) groups is 1. The third-order valence-corrected chi connectivity index (χ3v) is 6.09. The Balaban J connectivity index is 1.49. The number of aliphatic hydroxyl groups is 2. The van der Waals surface area contributed by atoms with Crippen LogP contribution in [0.5, 0.6) is 5.75 Å². The highest BCUT2D eigenvalue weighted by atomic mass is 35.5. The summed E-state index contributed by atoms with van der Waals surface area (Å²) in [6.45, 7) is 2.02. The van der Waals surface area contributed by atoms with E-state index in [4.69, 9.17) is 11.6 Å². The van der Waals surface area contributed by atoms with Gasteiger partial charge in [-0.2, -0.15) is 0 Å². The number of halogens is 2. The normalized spacial score (nSPS) is 12.8. The van der Waals surface area contributed by atoms with Gasteiger partial charge in [0.2, 0.25) is 5.91 Å². The topological polar surface area (TPSA) is 102 Å². The first-order valence-corrected chi connectivity index (χ1v) is 11.8. The first kappa shape index (κ1) is 26.6. The van der Waals surface area contributed by atoms with Gasteiger partial charge in [-0.1, -0.05) is 48.0 Å². The number of hydrogen-bond acceptors (Lipinski definition) is 5. The fourth-order valence-electron chi connectivity index (χ4n) is 3.80. The molecule has 6 nitrogen and oxygen atoms in total. The lowest BCUT2D eigenvalue weighted by Gasteiger charge is -2.18. The summed E-state index contributed by atoms with van der Waals surface area (Å²) >= 11 is 6.01. The van der Waals surface area contributed by atoms with Crippen LogP contribution in [-0.4, -0.2) is 33.8 Å². The summed E-state index contributed by atoms with van der Waals surface area (Å²) in [5.41, 5.74) is 3.11. The standard InChI is InChI=1S/C27H30ClFN2O4/c1-17(30-15-26(34)20-8-9-25(33)21(13-20)16-32)10-18-4-2-5-19(11-18)12-27(35)31-14-22-23(28)6-3-7-24(22)29/h2-9,11,13,17,26,30,32-34H,10,12,14-16H2,1H3,(H,31,35)/t17?,26-/m0/s1. The van der Waals surface area contributed by atoms with E-state index in [0.717, 1.165) is 11.1 Å². The van der Waals surface area contributed by atoms with E-state index < -0.39 is 11.9 Å². The third-order valence-electron chi connectivity index (χ3n) is 5.74. The minimum Gasteiger partial charge on any atom is -0.508 e. The molecule has 0 fully saturated rings. The Morgan fingerprint density at radius 3 is 2.57 bits per heavy atom. The molecule has 0 saturated carbocycles. The maximum atomic E-state index is 13.9. The first-order valence-electron chi connectivity index (χ1n) is 11.4. The van der Waals surface area contributed by atoms with Gasteiger partial charge >= 0.3 is 0 Å². The Hall–Kier alpha value is -2.97. The average molecular weight is 501 g/mol. The fourth-order valence-corrected chi connectivity index (χ4v) is 4.03. The van der Waals surface area contributed by atoms with Crippen molar-refractivity contribution in [1.29, 1.82) is 0 Å². The molecule has 5 N–H and O–H groups in total. The van der Waals surface area contributed by atoms with Crippen molar-refractivity contribution >= 4 is 17.5 Å². The Bertz CT molecular complexity index is 1140. The molecule has 0 bridgehead atoms. The van der Waals surface area contributed by atoms with E-state index in [1.54, 1.807) is 18.2 Å². The van der Waals surface area contributed by atoms with Crippen LogP contribution in [0.2, 0.25) is 5.02 Å². The monoisotopic (exact) mass is 500 g/mol. The van der Waals surface area contributed by atoms with Crippen LogP contribution < -0.4 is 10.6 Å². The molecular weight excluding hydrogens is 471 g/mol. The molecule has 0 aliphatic rings. The molecule has 0 aliphatic heterocycles. The van der Waals surface area contributed by atoms with Crippen LogP contribution in [0.15, 0.2) is 60.7 Å². The second-order valence-corrected chi connectivity index (χ2v) is 8.96. The second kappa shape index (κ2) is 12.7. The zero-order valence-electron chi connectivity index (χ0n) is 19.5. The Kier molecular flexibility index (Phi) is 9.63. The maximum Gasteiger partial charge on any atom is 0.224 e. The minimum atomic E-state index is -0.790. The van der Waals surface area contributed by atoms with Crippen molar-refractivity contribution < 1.29 is 24.5 Å². The van der Waals surface area contributed by atoms with Crippen LogP contribution in [0.25, 0.3) is 0 Å². The largest absolute Gasteiger partial charge is 0.508 e. The van der Waals surface area contributed by atoms with E-state index in [9.17, 15) is 24.5 Å². The quantitative estimate of drug-likeness (QED) is 0.276. The molecule has 0 radical (unpaired) electrons. The SMILES string of the molecule is CC(Cc1cccc(CC(=O)NCc2c(F)cccc2Cl)c1)NC[C@H](O)c1ccc(O)c(CO)c1. The smallest absolute Gasteiger partial charge is 0.224 e. The highest BCUT2D eigenvalue weighted by Gasteiger charge is 2.13. The molecule has 1 amide bonds. The van der Waals surface area contributed by atoms with Crippen molar-refractivity contribution in [3.63, 3.8) is 0 Å². The van der Waals surface area contributed by atoms with E-state index in [-0.39, 0.29) is 47.9 Å². The van der Waals surface area contributed by atoms with E-state index in [2.05, 4.69) is 10.6 Å². The lowest BCUT2D eigenvalue weighted by Crippen LogP contribution is -2.32. The summed E-state index contributed by atoms with van der Waals surface area (Å²) in [7, 11) is 0. The van der Waals surface area contributed by atoms with Crippen molar-refractivity contribution in [2.24, 2.45) is 0 Å². The predicted octanol–water partition coefficient (Wildman–Crippen LogP) is 3.79. The van der Waals surface area contributed by atoms with Gasteiger partial charge in [-0.25, -0.2) is 4.39 Å². The Labute approximate surface area is 209 Å². The molecule has 0 aromatic heterocycles. The van der Waals surface area contributed by atoms with Crippen LogP contribution in [0, 0.1) is 5.82 Å². The molecule has 186 valence electrons. The van der Waals surface area contributed by atoms with Gasteiger partial charge in [0.15, 0.2) is 0 Å². The molecule has 3 rings (SSSR count). The molecule has 3 aromatic carbocycles. The summed E-state index contributed by atoms with van der Waals surface area (Å²) in [5, 5.41) is 35.7. The number of phenols is 1. The second-order valence-electron chi connectivity index (χ2n) is 8.55. The highest BCUT2D eigenvalue weighted by Crippen LogP contribution is 2.22. The number of carbonyl (C=O) groups excluding carboxylic acids is 1. The summed E-state index contributed by atoms with van der Waals surface area (Å²) in [6, 6.07) is 16.8. The molecule has 3 aromatic rings. The summed E-state index contributed by atoms with van der Waals surface area (Å²) < 4.78 is 13.9. The minimum absolute atomic E-state index is 0.00521. The van der Waals surface area contributed by atoms with Gasteiger partial charge in [-0.15, -0.1) is 0 Å². The van der Waals surface area contributed by atoms with Crippen molar-refractivity contribution in [3.8, 4) is 5.75 Å². The molecule has 0 spiro atoms. The number of benzene rings is 3. The van der Waals surface area contributed by atoms with Crippen molar-refractivity contribution in [1.82, 2.24) is 10.6 Å². The fraction of sp³-hybridized carbons (Fsp3) is 0.296. The lowest BCUT2D eigenvalue weighted by atomic mass is 10.0. The van der Waals surface area contributed by atoms with Gasteiger partial charge in [0.25, 0.3) is 0 Å². The van der Waals surface area contributed by atoms with Gasteiger partial charge in [0, 0.05) is 35.3 Å². The van der Waals surface area contributed by atoms with Crippen LogP contribution in [0.3, 0.4) is 0 Å². The van der Waals surface area contributed by atoms with Gasteiger partial charge in [-0.05, 0) is 54.3 Å². The zero-order valence-corrected chi connectivity index (χ0v) is 20.2. The molecule has 0 aliphatic carbocycles. The van der Waals surface area contributed by atoms with Crippen molar-refractivity contribution in [3.05, 3.63) is 99.3 Å².